The highest BCUT2D eigenvalue weighted by molar-refractivity contribution is 7.92. The van der Waals surface area contributed by atoms with Crippen LogP contribution in [0.2, 0.25) is 0 Å². The normalized spacial score (nSPS) is 12.0. The van der Waals surface area contributed by atoms with Gasteiger partial charge in [0, 0.05) is 5.69 Å². The number of anilines is 2. The number of methoxy groups -OCH3 is 1. The summed E-state index contributed by atoms with van der Waals surface area (Å²) < 4.78 is 51.5. The van der Waals surface area contributed by atoms with Crippen molar-refractivity contribution in [2.75, 3.05) is 17.1 Å². The summed E-state index contributed by atoms with van der Waals surface area (Å²) in [7, 11) is -2.43. The first-order chi connectivity index (χ1) is 14.8. The van der Waals surface area contributed by atoms with Gasteiger partial charge < -0.3 is 14.8 Å². The fourth-order valence-corrected chi connectivity index (χ4v) is 3.69. The molecule has 31 heavy (non-hydrogen) atoms. The predicted molar refractivity (Wildman–Crippen MR) is 115 cm³/mol. The van der Waals surface area contributed by atoms with E-state index in [2.05, 4.69) is 10.0 Å². The predicted octanol–water partition coefficient (Wildman–Crippen LogP) is 4.04. The van der Waals surface area contributed by atoms with E-state index in [0.29, 0.717) is 17.2 Å². The van der Waals surface area contributed by atoms with E-state index in [1.165, 1.54) is 42.5 Å². The van der Waals surface area contributed by atoms with Crippen molar-refractivity contribution in [3.8, 4) is 11.5 Å². The maximum Gasteiger partial charge on any atom is 0.265 e. The first-order valence-corrected chi connectivity index (χ1v) is 10.8. The van der Waals surface area contributed by atoms with Gasteiger partial charge in [0.1, 0.15) is 17.3 Å². The molecule has 0 bridgehead atoms. The maximum atomic E-state index is 13.7. The monoisotopic (exact) mass is 444 g/mol. The zero-order chi connectivity index (χ0) is 22.4. The third kappa shape index (κ3) is 5.73. The Morgan fingerprint density at radius 1 is 0.935 bits per heavy atom. The Bertz CT molecular complexity index is 1150. The van der Waals surface area contributed by atoms with Crippen molar-refractivity contribution in [2.45, 2.75) is 17.9 Å². The van der Waals surface area contributed by atoms with Crippen LogP contribution in [0.4, 0.5) is 15.8 Å². The summed E-state index contributed by atoms with van der Waals surface area (Å²) >= 11 is 0. The molecule has 9 heteroatoms. The average molecular weight is 444 g/mol. The van der Waals surface area contributed by atoms with Crippen LogP contribution >= 0.6 is 0 Å². The molecule has 0 aliphatic heterocycles. The number of nitrogens with one attached hydrogen (secondary N) is 2. The molecule has 3 aromatic carbocycles. The van der Waals surface area contributed by atoms with Crippen LogP contribution in [0.15, 0.2) is 77.7 Å². The summed E-state index contributed by atoms with van der Waals surface area (Å²) in [5.41, 5.74) is 0.240. The third-order valence-electron chi connectivity index (χ3n) is 4.29. The van der Waals surface area contributed by atoms with Gasteiger partial charge in [-0.15, -0.1) is 0 Å². The number of para-hydroxylation sites is 1. The van der Waals surface area contributed by atoms with Gasteiger partial charge in [-0.05, 0) is 67.6 Å². The number of benzene rings is 3. The van der Waals surface area contributed by atoms with E-state index in [-0.39, 0.29) is 10.6 Å². The molecular weight excluding hydrogens is 423 g/mol. The summed E-state index contributed by atoms with van der Waals surface area (Å²) in [6.45, 7) is 1.59. The minimum absolute atomic E-state index is 0.0729. The van der Waals surface area contributed by atoms with E-state index in [4.69, 9.17) is 9.47 Å². The molecule has 2 N–H and O–H groups in total. The van der Waals surface area contributed by atoms with E-state index >= 15 is 0 Å². The molecule has 0 aromatic heterocycles. The van der Waals surface area contributed by atoms with Gasteiger partial charge in [0.15, 0.2) is 6.10 Å². The second-order valence-corrected chi connectivity index (χ2v) is 8.22. The van der Waals surface area contributed by atoms with Crippen LogP contribution in [-0.4, -0.2) is 27.5 Å². The van der Waals surface area contributed by atoms with Gasteiger partial charge in [0.05, 0.1) is 17.7 Å². The number of amides is 1. The highest BCUT2D eigenvalue weighted by atomic mass is 32.2. The first-order valence-electron chi connectivity index (χ1n) is 9.27. The highest BCUT2D eigenvalue weighted by Gasteiger charge is 2.18. The number of rotatable bonds is 8. The number of carbonyl (C=O) groups excluding carboxylic acids is 1. The standard InChI is InChI=1S/C22H21FN2O5S/c1-15(30-18-11-9-17(29-2)10-12-18)22(26)24-16-7-13-19(14-8-16)31(27,28)25-21-6-4-3-5-20(21)23/h3-15,25H,1-2H3,(H,24,26). The average Bonchev–Trinajstić information content (AvgIpc) is 2.76. The molecule has 0 aliphatic carbocycles. The van der Waals surface area contributed by atoms with Crippen molar-refractivity contribution in [1.29, 1.82) is 0 Å². The lowest BCUT2D eigenvalue weighted by atomic mass is 10.3. The number of ether oxygens (including phenoxy) is 2. The smallest absolute Gasteiger partial charge is 0.265 e. The summed E-state index contributed by atoms with van der Waals surface area (Å²) in [6, 6.07) is 17.8. The van der Waals surface area contributed by atoms with Gasteiger partial charge in [-0.25, -0.2) is 12.8 Å². The van der Waals surface area contributed by atoms with Gasteiger partial charge >= 0.3 is 0 Å². The highest BCUT2D eigenvalue weighted by Crippen LogP contribution is 2.21. The zero-order valence-electron chi connectivity index (χ0n) is 16.8. The Morgan fingerprint density at radius 3 is 2.16 bits per heavy atom. The molecule has 0 fully saturated rings. The van der Waals surface area contributed by atoms with Crippen LogP contribution in [-0.2, 0) is 14.8 Å². The van der Waals surface area contributed by atoms with E-state index in [1.54, 1.807) is 38.3 Å². The molecule has 0 saturated carbocycles. The van der Waals surface area contributed by atoms with Crippen LogP contribution in [0, 0.1) is 5.82 Å². The fourth-order valence-electron chi connectivity index (χ4n) is 2.62. The number of sulfonamides is 1. The Kier molecular flexibility index (Phi) is 6.76. The fraction of sp³-hybridized carbons (Fsp3) is 0.136. The number of carbonyl (C=O) groups is 1. The molecule has 0 aliphatic rings. The molecule has 3 rings (SSSR count). The summed E-state index contributed by atoms with van der Waals surface area (Å²) in [5, 5.41) is 2.66. The van der Waals surface area contributed by atoms with E-state index in [0.717, 1.165) is 6.07 Å². The topological polar surface area (TPSA) is 93.7 Å². The maximum absolute atomic E-state index is 13.7. The Balaban J connectivity index is 1.62. The number of halogens is 1. The van der Waals surface area contributed by atoms with Crippen LogP contribution in [0.3, 0.4) is 0 Å². The molecule has 1 atom stereocenters. The van der Waals surface area contributed by atoms with Crippen molar-refractivity contribution in [2.24, 2.45) is 0 Å². The number of hydrogen-bond donors (Lipinski definition) is 2. The molecule has 0 heterocycles. The molecular formula is C22H21FN2O5S. The molecule has 0 radical (unpaired) electrons. The van der Waals surface area contributed by atoms with Crippen molar-refractivity contribution >= 4 is 27.3 Å². The molecule has 3 aromatic rings. The molecule has 7 nitrogen and oxygen atoms in total. The molecule has 1 unspecified atom stereocenters. The Morgan fingerprint density at radius 2 is 1.55 bits per heavy atom. The summed E-state index contributed by atoms with van der Waals surface area (Å²) in [5.74, 6) is 0.0878. The van der Waals surface area contributed by atoms with Crippen molar-refractivity contribution in [3.05, 3.63) is 78.6 Å². The van der Waals surface area contributed by atoms with Gasteiger partial charge in [-0.1, -0.05) is 12.1 Å². The van der Waals surface area contributed by atoms with Crippen LogP contribution < -0.4 is 19.5 Å². The lowest BCUT2D eigenvalue weighted by Gasteiger charge is -2.15. The van der Waals surface area contributed by atoms with E-state index in [9.17, 15) is 17.6 Å². The largest absolute Gasteiger partial charge is 0.497 e. The third-order valence-corrected chi connectivity index (χ3v) is 5.67. The second-order valence-electron chi connectivity index (χ2n) is 6.53. The molecule has 0 saturated heterocycles. The van der Waals surface area contributed by atoms with Crippen molar-refractivity contribution < 1.29 is 27.1 Å². The zero-order valence-corrected chi connectivity index (χ0v) is 17.6. The number of hydrogen-bond acceptors (Lipinski definition) is 5. The summed E-state index contributed by atoms with van der Waals surface area (Å²) in [4.78, 5) is 12.3. The molecule has 1 amide bonds. The first kappa shape index (κ1) is 22.1. The van der Waals surface area contributed by atoms with Gasteiger partial charge in [0.25, 0.3) is 15.9 Å². The van der Waals surface area contributed by atoms with Crippen LogP contribution in [0.5, 0.6) is 11.5 Å². The minimum atomic E-state index is -3.98. The SMILES string of the molecule is COc1ccc(OC(C)C(=O)Nc2ccc(S(=O)(=O)Nc3ccccc3F)cc2)cc1. The van der Waals surface area contributed by atoms with E-state index in [1.807, 2.05) is 0 Å². The molecule has 0 spiro atoms. The molecule has 162 valence electrons. The quantitative estimate of drug-likeness (QED) is 0.547. The van der Waals surface area contributed by atoms with Gasteiger partial charge in [-0.3, -0.25) is 9.52 Å². The van der Waals surface area contributed by atoms with Gasteiger partial charge in [-0.2, -0.15) is 0 Å². The van der Waals surface area contributed by atoms with E-state index < -0.39 is 27.9 Å². The van der Waals surface area contributed by atoms with Crippen molar-refractivity contribution in [1.82, 2.24) is 0 Å². The summed E-state index contributed by atoms with van der Waals surface area (Å²) in [6.07, 6.45) is -0.792. The Hall–Kier alpha value is -3.59. The minimum Gasteiger partial charge on any atom is -0.497 e. The van der Waals surface area contributed by atoms with Crippen LogP contribution in [0.25, 0.3) is 0 Å². The second kappa shape index (κ2) is 9.48. The lowest BCUT2D eigenvalue weighted by molar-refractivity contribution is -0.122. The van der Waals surface area contributed by atoms with Gasteiger partial charge in [0.2, 0.25) is 0 Å². The lowest BCUT2D eigenvalue weighted by Crippen LogP contribution is -2.30. The van der Waals surface area contributed by atoms with Crippen LogP contribution in [0.1, 0.15) is 6.92 Å². The van der Waals surface area contributed by atoms with Crippen molar-refractivity contribution in [3.63, 3.8) is 0 Å². The Labute approximate surface area is 179 Å².